The van der Waals surface area contributed by atoms with Crippen LogP contribution >= 0.6 is 0 Å². The predicted octanol–water partition coefficient (Wildman–Crippen LogP) is 4.72. The Bertz CT molecular complexity index is 1250. The maximum absolute atomic E-state index is 12.9. The zero-order valence-corrected chi connectivity index (χ0v) is 19.9. The fourth-order valence-corrected chi connectivity index (χ4v) is 5.50. The lowest BCUT2D eigenvalue weighted by molar-refractivity contribution is -0.115. The molecule has 0 atom stereocenters. The molecule has 1 saturated carbocycles. The van der Waals surface area contributed by atoms with Gasteiger partial charge in [0.1, 0.15) is 0 Å². The molecule has 1 aliphatic rings. The fraction of sp³-hybridized carbons (Fsp3) is 0.259. The van der Waals surface area contributed by atoms with Gasteiger partial charge in [-0.3, -0.25) is 9.59 Å². The summed E-state index contributed by atoms with van der Waals surface area (Å²) in [7, 11) is -3.26. The lowest BCUT2D eigenvalue weighted by atomic mass is 10.1. The topological polar surface area (TPSA) is 83.6 Å². The second kappa shape index (κ2) is 10.2. The molecule has 1 fully saturated rings. The van der Waals surface area contributed by atoms with E-state index >= 15 is 0 Å². The van der Waals surface area contributed by atoms with Crippen molar-refractivity contribution in [2.75, 3.05) is 22.5 Å². The second-order valence-corrected chi connectivity index (χ2v) is 10.6. The van der Waals surface area contributed by atoms with Crippen LogP contribution in [0.1, 0.15) is 35.7 Å². The van der Waals surface area contributed by atoms with Crippen molar-refractivity contribution in [2.45, 2.75) is 31.1 Å². The third-order valence-electron chi connectivity index (χ3n) is 5.84. The number of nitrogens with one attached hydrogen (secondary N) is 1. The van der Waals surface area contributed by atoms with E-state index in [4.69, 9.17) is 0 Å². The highest BCUT2D eigenvalue weighted by Gasteiger charge is 2.29. The number of carbonyl (C=O) groups is 2. The van der Waals surface area contributed by atoms with Gasteiger partial charge in [0.15, 0.2) is 9.84 Å². The minimum atomic E-state index is -3.26. The summed E-state index contributed by atoms with van der Waals surface area (Å²) >= 11 is 0. The number of amides is 2. The number of para-hydroxylation sites is 1. The van der Waals surface area contributed by atoms with Gasteiger partial charge in [-0.15, -0.1) is 0 Å². The quantitative estimate of drug-likeness (QED) is 0.484. The number of anilines is 2. The number of nitrogens with zero attached hydrogens (tertiary/aromatic N) is 1. The summed E-state index contributed by atoms with van der Waals surface area (Å²) in [5, 5.41) is 2.83. The Hall–Kier alpha value is -3.45. The second-order valence-electron chi connectivity index (χ2n) is 8.56. The Morgan fingerprint density at radius 3 is 2.15 bits per heavy atom. The zero-order valence-electron chi connectivity index (χ0n) is 19.1. The van der Waals surface area contributed by atoms with Crippen LogP contribution in [0.15, 0.2) is 83.8 Å². The normalized spacial score (nSPS) is 13.3. The van der Waals surface area contributed by atoms with E-state index < -0.39 is 9.84 Å². The third-order valence-corrected chi connectivity index (χ3v) is 7.74. The summed E-state index contributed by atoms with van der Waals surface area (Å²) < 4.78 is 24.7. The minimum absolute atomic E-state index is 0.108. The first-order chi connectivity index (χ1) is 16.4. The number of sulfone groups is 1. The van der Waals surface area contributed by atoms with Crippen molar-refractivity contribution in [3.63, 3.8) is 0 Å². The van der Waals surface area contributed by atoms with E-state index in [1.54, 1.807) is 53.4 Å². The van der Waals surface area contributed by atoms with Crippen molar-refractivity contribution in [1.29, 1.82) is 0 Å². The van der Waals surface area contributed by atoms with Gasteiger partial charge in [0.2, 0.25) is 5.91 Å². The van der Waals surface area contributed by atoms with Gasteiger partial charge in [0, 0.05) is 23.5 Å². The highest BCUT2D eigenvalue weighted by atomic mass is 32.2. The van der Waals surface area contributed by atoms with Crippen molar-refractivity contribution < 1.29 is 18.0 Å². The highest BCUT2D eigenvalue weighted by Crippen LogP contribution is 2.32. The van der Waals surface area contributed by atoms with Gasteiger partial charge >= 0.3 is 0 Å². The number of benzene rings is 3. The van der Waals surface area contributed by atoms with E-state index in [-0.39, 0.29) is 24.0 Å². The molecule has 0 bridgehead atoms. The molecule has 34 heavy (non-hydrogen) atoms. The number of hydrogen-bond acceptors (Lipinski definition) is 4. The average Bonchev–Trinajstić information content (AvgIpc) is 3.64. The molecule has 0 unspecified atom stereocenters. The molecule has 2 amide bonds. The number of rotatable bonds is 9. The van der Waals surface area contributed by atoms with Crippen molar-refractivity contribution in [3.05, 3.63) is 90.0 Å². The van der Waals surface area contributed by atoms with Crippen LogP contribution in [0.3, 0.4) is 0 Å². The van der Waals surface area contributed by atoms with E-state index in [1.165, 1.54) is 0 Å². The SMILES string of the molecule is CCN(C(=O)c1ccc(NC(=O)Cc2ccc(S(=O)(=O)CC3CC3)cc2)cc1)c1ccccc1. The number of hydrogen-bond donors (Lipinski definition) is 1. The van der Waals surface area contributed by atoms with Crippen LogP contribution in [0.5, 0.6) is 0 Å². The molecule has 0 aliphatic heterocycles. The van der Waals surface area contributed by atoms with Crippen LogP contribution in [-0.2, 0) is 21.1 Å². The molecule has 1 aliphatic carbocycles. The molecule has 0 heterocycles. The van der Waals surface area contributed by atoms with Gasteiger partial charge in [-0.2, -0.15) is 0 Å². The summed E-state index contributed by atoms with van der Waals surface area (Å²) in [5.41, 5.74) is 2.69. The van der Waals surface area contributed by atoms with Gasteiger partial charge in [-0.25, -0.2) is 8.42 Å². The summed E-state index contributed by atoms with van der Waals surface area (Å²) in [4.78, 5) is 27.4. The number of carbonyl (C=O) groups excluding carboxylic acids is 2. The van der Waals surface area contributed by atoms with Crippen LogP contribution in [0.25, 0.3) is 0 Å². The van der Waals surface area contributed by atoms with Gasteiger partial charge in [-0.05, 0) is 79.8 Å². The van der Waals surface area contributed by atoms with Gasteiger partial charge in [0.05, 0.1) is 17.1 Å². The summed E-state index contributed by atoms with van der Waals surface area (Å²) in [6, 6.07) is 22.8. The molecule has 3 aromatic carbocycles. The fourth-order valence-electron chi connectivity index (χ4n) is 3.80. The summed E-state index contributed by atoms with van der Waals surface area (Å²) in [5.74, 6) is 0.170. The molecular weight excluding hydrogens is 448 g/mol. The highest BCUT2D eigenvalue weighted by molar-refractivity contribution is 7.91. The smallest absolute Gasteiger partial charge is 0.258 e. The van der Waals surface area contributed by atoms with Crippen LogP contribution < -0.4 is 10.2 Å². The Balaban J connectivity index is 1.35. The lowest BCUT2D eigenvalue weighted by Crippen LogP contribution is -2.30. The zero-order chi connectivity index (χ0) is 24.1. The molecule has 3 aromatic rings. The van der Waals surface area contributed by atoms with Gasteiger partial charge < -0.3 is 10.2 Å². The van der Waals surface area contributed by atoms with E-state index in [0.717, 1.165) is 24.1 Å². The van der Waals surface area contributed by atoms with Gasteiger partial charge in [0.25, 0.3) is 5.91 Å². The Morgan fingerprint density at radius 2 is 1.56 bits per heavy atom. The molecule has 0 radical (unpaired) electrons. The molecule has 6 nitrogen and oxygen atoms in total. The molecule has 7 heteroatoms. The summed E-state index contributed by atoms with van der Waals surface area (Å²) in [6.45, 7) is 2.47. The predicted molar refractivity (Wildman–Crippen MR) is 134 cm³/mol. The molecule has 0 aromatic heterocycles. The van der Waals surface area contributed by atoms with E-state index in [1.807, 2.05) is 37.3 Å². The molecule has 4 rings (SSSR count). The third kappa shape index (κ3) is 5.91. The molecule has 0 saturated heterocycles. The van der Waals surface area contributed by atoms with Crippen LogP contribution in [-0.4, -0.2) is 32.5 Å². The van der Waals surface area contributed by atoms with Crippen molar-refractivity contribution >= 4 is 33.0 Å². The Morgan fingerprint density at radius 1 is 0.912 bits per heavy atom. The Labute approximate surface area is 200 Å². The first kappa shape index (κ1) is 23.7. The van der Waals surface area contributed by atoms with Crippen molar-refractivity contribution in [1.82, 2.24) is 0 Å². The first-order valence-corrected chi connectivity index (χ1v) is 13.1. The standard InChI is InChI=1S/C27H28N2O4S/c1-2-29(24-6-4-3-5-7-24)27(31)22-12-14-23(15-13-22)28-26(30)18-20-10-16-25(17-11-20)34(32,33)19-21-8-9-21/h3-7,10-17,21H,2,8-9,18-19H2,1H3,(H,28,30). The van der Waals surface area contributed by atoms with E-state index in [0.29, 0.717) is 28.6 Å². The molecule has 176 valence electrons. The van der Waals surface area contributed by atoms with E-state index in [2.05, 4.69) is 5.32 Å². The lowest BCUT2D eigenvalue weighted by Gasteiger charge is -2.21. The first-order valence-electron chi connectivity index (χ1n) is 11.4. The maximum atomic E-state index is 12.9. The van der Waals surface area contributed by atoms with Crippen LogP contribution in [0, 0.1) is 5.92 Å². The van der Waals surface area contributed by atoms with Crippen molar-refractivity contribution in [2.24, 2.45) is 5.92 Å². The average molecular weight is 477 g/mol. The van der Waals surface area contributed by atoms with Crippen LogP contribution in [0.2, 0.25) is 0 Å². The van der Waals surface area contributed by atoms with Crippen molar-refractivity contribution in [3.8, 4) is 0 Å². The minimum Gasteiger partial charge on any atom is -0.326 e. The van der Waals surface area contributed by atoms with E-state index in [9.17, 15) is 18.0 Å². The Kier molecular flexibility index (Phi) is 7.12. The largest absolute Gasteiger partial charge is 0.326 e. The van der Waals surface area contributed by atoms with Gasteiger partial charge in [-0.1, -0.05) is 30.3 Å². The maximum Gasteiger partial charge on any atom is 0.258 e. The molecule has 0 spiro atoms. The molecular formula is C27H28N2O4S. The van der Waals surface area contributed by atoms with Crippen LogP contribution in [0.4, 0.5) is 11.4 Å². The monoisotopic (exact) mass is 476 g/mol. The molecule has 1 N–H and O–H groups in total. The summed E-state index contributed by atoms with van der Waals surface area (Å²) in [6.07, 6.45) is 2.09.